The van der Waals surface area contributed by atoms with Crippen LogP contribution >= 0.6 is 0 Å². The fourth-order valence-corrected chi connectivity index (χ4v) is 3.85. The maximum Gasteiger partial charge on any atom is 0.227 e. The first-order valence-corrected chi connectivity index (χ1v) is 8.47. The van der Waals surface area contributed by atoms with Crippen molar-refractivity contribution >= 4 is 5.91 Å². The average Bonchev–Trinajstić information content (AvgIpc) is 2.81. The minimum atomic E-state index is -0.337. The van der Waals surface area contributed by atoms with E-state index in [1.54, 1.807) is 12.1 Å². The molecule has 1 amide bonds. The molecule has 0 unspecified atom stereocenters. The summed E-state index contributed by atoms with van der Waals surface area (Å²) in [5.74, 6) is 0.380. The average molecular weight is 320 g/mol. The van der Waals surface area contributed by atoms with Crippen molar-refractivity contribution in [2.45, 2.75) is 38.8 Å². The third kappa shape index (κ3) is 3.34. The molecule has 0 saturated carbocycles. The molecule has 0 aromatic heterocycles. The fraction of sp³-hybridized carbons (Fsp3) is 0.611. The SMILES string of the molecule is CCCN1C(=O)[C@@H]2CC[C@H]1CN(Cc1ccc(F)c(OC)c1)C2. The lowest BCUT2D eigenvalue weighted by Crippen LogP contribution is -2.48. The van der Waals surface area contributed by atoms with Crippen LogP contribution in [0.3, 0.4) is 0 Å². The van der Waals surface area contributed by atoms with Crippen molar-refractivity contribution in [3.63, 3.8) is 0 Å². The summed E-state index contributed by atoms with van der Waals surface area (Å²) in [6.07, 6.45) is 3.09. The maximum absolute atomic E-state index is 13.5. The van der Waals surface area contributed by atoms with Crippen molar-refractivity contribution in [1.82, 2.24) is 9.80 Å². The van der Waals surface area contributed by atoms with Crippen molar-refractivity contribution in [1.29, 1.82) is 0 Å². The van der Waals surface area contributed by atoms with Gasteiger partial charge in [0, 0.05) is 32.2 Å². The number of ether oxygens (including phenoxy) is 1. The Labute approximate surface area is 137 Å². The molecule has 0 radical (unpaired) electrons. The van der Waals surface area contributed by atoms with Crippen LogP contribution in [0.25, 0.3) is 0 Å². The summed E-state index contributed by atoms with van der Waals surface area (Å²) < 4.78 is 18.6. The van der Waals surface area contributed by atoms with E-state index in [1.165, 1.54) is 13.2 Å². The van der Waals surface area contributed by atoms with Crippen LogP contribution in [0.15, 0.2) is 18.2 Å². The molecule has 0 aliphatic carbocycles. The quantitative estimate of drug-likeness (QED) is 0.836. The second-order valence-electron chi connectivity index (χ2n) is 6.62. The van der Waals surface area contributed by atoms with E-state index < -0.39 is 0 Å². The van der Waals surface area contributed by atoms with E-state index >= 15 is 0 Å². The Bertz CT molecular complexity index is 578. The van der Waals surface area contributed by atoms with Crippen LogP contribution in [-0.2, 0) is 11.3 Å². The lowest BCUT2D eigenvalue weighted by Gasteiger charge is -2.35. The molecule has 1 aromatic carbocycles. The first-order valence-electron chi connectivity index (χ1n) is 8.47. The number of rotatable bonds is 5. The molecule has 3 saturated heterocycles. The summed E-state index contributed by atoms with van der Waals surface area (Å²) in [6, 6.07) is 5.34. The Morgan fingerprint density at radius 2 is 2.13 bits per heavy atom. The summed E-state index contributed by atoms with van der Waals surface area (Å²) in [5, 5.41) is 0. The van der Waals surface area contributed by atoms with Gasteiger partial charge < -0.3 is 9.64 Å². The third-order valence-corrected chi connectivity index (χ3v) is 4.96. The first-order chi connectivity index (χ1) is 11.1. The third-order valence-electron chi connectivity index (χ3n) is 4.96. The molecular formula is C18H25FN2O2. The second-order valence-corrected chi connectivity index (χ2v) is 6.62. The van der Waals surface area contributed by atoms with E-state index in [4.69, 9.17) is 4.74 Å². The first kappa shape index (κ1) is 16.2. The van der Waals surface area contributed by atoms with Crippen LogP contribution in [0.1, 0.15) is 31.7 Å². The van der Waals surface area contributed by atoms with Crippen molar-refractivity contribution in [2.24, 2.45) is 5.92 Å². The number of carbonyl (C=O) groups excluding carboxylic acids is 1. The highest BCUT2D eigenvalue weighted by molar-refractivity contribution is 5.80. The zero-order chi connectivity index (χ0) is 16.4. The van der Waals surface area contributed by atoms with E-state index in [2.05, 4.69) is 16.7 Å². The highest BCUT2D eigenvalue weighted by atomic mass is 19.1. The van der Waals surface area contributed by atoms with Crippen molar-refractivity contribution < 1.29 is 13.9 Å². The van der Waals surface area contributed by atoms with Crippen LogP contribution < -0.4 is 4.74 Å². The topological polar surface area (TPSA) is 32.8 Å². The number of methoxy groups -OCH3 is 1. The van der Waals surface area contributed by atoms with Gasteiger partial charge in [0.1, 0.15) is 0 Å². The predicted octanol–water partition coefficient (Wildman–Crippen LogP) is 2.67. The molecule has 2 bridgehead atoms. The number of hydrogen-bond donors (Lipinski definition) is 0. The van der Waals surface area contributed by atoms with Gasteiger partial charge in [-0.3, -0.25) is 9.69 Å². The number of benzene rings is 1. The Hall–Kier alpha value is -1.62. The number of amides is 1. The van der Waals surface area contributed by atoms with Gasteiger partial charge in [-0.1, -0.05) is 13.0 Å². The van der Waals surface area contributed by atoms with Crippen LogP contribution in [0, 0.1) is 11.7 Å². The molecule has 23 heavy (non-hydrogen) atoms. The number of carbonyl (C=O) groups is 1. The highest BCUT2D eigenvalue weighted by Crippen LogP contribution is 2.30. The molecule has 2 atom stereocenters. The molecule has 3 aliphatic rings. The summed E-state index contributed by atoms with van der Waals surface area (Å²) >= 11 is 0. The molecule has 0 spiro atoms. The van der Waals surface area contributed by atoms with Crippen LogP contribution in [-0.4, -0.2) is 48.5 Å². The number of piperidine rings is 1. The van der Waals surface area contributed by atoms with Gasteiger partial charge in [0.15, 0.2) is 11.6 Å². The van der Waals surface area contributed by atoms with Crippen molar-refractivity contribution in [3.8, 4) is 5.75 Å². The van der Waals surface area contributed by atoms with Gasteiger partial charge in [-0.15, -0.1) is 0 Å². The zero-order valence-corrected chi connectivity index (χ0v) is 13.9. The fourth-order valence-electron chi connectivity index (χ4n) is 3.85. The summed E-state index contributed by atoms with van der Waals surface area (Å²) in [7, 11) is 1.48. The molecule has 1 aromatic rings. The Morgan fingerprint density at radius 3 is 2.87 bits per heavy atom. The molecule has 3 heterocycles. The van der Waals surface area contributed by atoms with Gasteiger partial charge >= 0.3 is 0 Å². The Balaban J connectivity index is 1.74. The largest absolute Gasteiger partial charge is 0.494 e. The van der Waals surface area contributed by atoms with Gasteiger partial charge in [0.25, 0.3) is 0 Å². The number of fused-ring (bicyclic) bond motifs is 4. The Morgan fingerprint density at radius 1 is 1.30 bits per heavy atom. The second kappa shape index (κ2) is 6.87. The maximum atomic E-state index is 13.5. The minimum absolute atomic E-state index is 0.114. The van der Waals surface area contributed by atoms with Crippen LogP contribution in [0.2, 0.25) is 0 Å². The van der Waals surface area contributed by atoms with Crippen LogP contribution in [0.4, 0.5) is 4.39 Å². The molecule has 4 rings (SSSR count). The lowest BCUT2D eigenvalue weighted by molar-refractivity contribution is -0.139. The van der Waals surface area contributed by atoms with Gasteiger partial charge in [0.05, 0.1) is 13.0 Å². The predicted molar refractivity (Wildman–Crippen MR) is 86.7 cm³/mol. The standard InChI is InChI=1S/C18H25FN2O2/c1-3-8-21-15-6-5-14(18(21)22)11-20(12-15)10-13-4-7-16(19)17(9-13)23-2/h4,7,9,14-15H,3,5-6,8,10-12H2,1-2H3/t14-,15+/m1/s1. The monoisotopic (exact) mass is 320 g/mol. The number of nitrogens with zero attached hydrogens (tertiary/aromatic N) is 2. The molecule has 3 aliphatic heterocycles. The van der Waals surface area contributed by atoms with Crippen molar-refractivity contribution in [2.75, 3.05) is 26.7 Å². The lowest BCUT2D eigenvalue weighted by atomic mass is 9.94. The summed E-state index contributed by atoms with van der Waals surface area (Å²) in [5.41, 5.74) is 1.03. The molecule has 4 nitrogen and oxygen atoms in total. The zero-order valence-electron chi connectivity index (χ0n) is 13.9. The van der Waals surface area contributed by atoms with E-state index in [0.717, 1.165) is 51.0 Å². The number of hydrogen-bond acceptors (Lipinski definition) is 3. The molecule has 0 N–H and O–H groups in total. The Kier molecular flexibility index (Phi) is 4.85. The summed E-state index contributed by atoms with van der Waals surface area (Å²) in [6.45, 7) is 5.42. The van der Waals surface area contributed by atoms with Gasteiger partial charge in [0.2, 0.25) is 5.91 Å². The van der Waals surface area contributed by atoms with E-state index in [9.17, 15) is 9.18 Å². The number of halogens is 1. The van der Waals surface area contributed by atoms with Crippen LogP contribution in [0.5, 0.6) is 5.75 Å². The van der Waals surface area contributed by atoms with Gasteiger partial charge in [-0.2, -0.15) is 0 Å². The smallest absolute Gasteiger partial charge is 0.227 e. The van der Waals surface area contributed by atoms with Crippen molar-refractivity contribution in [3.05, 3.63) is 29.6 Å². The summed E-state index contributed by atoms with van der Waals surface area (Å²) in [4.78, 5) is 17.0. The van der Waals surface area contributed by atoms with E-state index in [-0.39, 0.29) is 17.5 Å². The molecular weight excluding hydrogens is 295 g/mol. The minimum Gasteiger partial charge on any atom is -0.494 e. The normalized spacial score (nSPS) is 24.8. The van der Waals surface area contributed by atoms with E-state index in [1.807, 2.05) is 0 Å². The molecule has 126 valence electrons. The van der Waals surface area contributed by atoms with Gasteiger partial charge in [-0.25, -0.2) is 4.39 Å². The highest BCUT2D eigenvalue weighted by Gasteiger charge is 2.39. The molecule has 5 heteroatoms. The van der Waals surface area contributed by atoms with E-state index in [0.29, 0.717) is 11.9 Å². The molecule has 3 fully saturated rings. The van der Waals surface area contributed by atoms with Gasteiger partial charge in [-0.05, 0) is 37.0 Å².